The van der Waals surface area contributed by atoms with E-state index in [9.17, 15) is 4.79 Å². The van der Waals surface area contributed by atoms with Crippen molar-refractivity contribution in [3.05, 3.63) is 29.3 Å². The summed E-state index contributed by atoms with van der Waals surface area (Å²) in [5, 5.41) is 3.70. The number of carbonyl (C=O) groups excluding carboxylic acids is 1. The Balaban J connectivity index is 2.02. The molecule has 0 fully saturated rings. The number of hydrogen-bond acceptors (Lipinski definition) is 4. The van der Waals surface area contributed by atoms with Gasteiger partial charge in [0.15, 0.2) is 0 Å². The zero-order valence-electron chi connectivity index (χ0n) is 9.64. The molecule has 1 heterocycles. The maximum Gasteiger partial charge on any atom is 0.237 e. The lowest BCUT2D eigenvalue weighted by atomic mass is 10.2. The Kier molecular flexibility index (Phi) is 3.71. The van der Waals surface area contributed by atoms with E-state index in [-0.39, 0.29) is 5.91 Å². The molecule has 0 radical (unpaired) electrons. The first-order valence-corrected chi connectivity index (χ1v) is 6.40. The van der Waals surface area contributed by atoms with Gasteiger partial charge in [-0.25, -0.2) is 4.98 Å². The minimum absolute atomic E-state index is 0.119. The van der Waals surface area contributed by atoms with Crippen LogP contribution in [-0.4, -0.2) is 16.9 Å². The molecule has 0 saturated heterocycles. The number of aromatic nitrogens is 1. The van der Waals surface area contributed by atoms with Crippen LogP contribution < -0.4 is 11.1 Å². The Bertz CT molecular complexity index is 490. The van der Waals surface area contributed by atoms with Gasteiger partial charge in [0.1, 0.15) is 5.01 Å². The number of nitrogens with two attached hydrogens (primary N) is 1. The predicted octanol–water partition coefficient (Wildman–Crippen LogP) is 1.65. The third-order valence-electron chi connectivity index (χ3n) is 2.53. The summed E-state index contributed by atoms with van der Waals surface area (Å²) in [5.74, 6) is -0.119. The number of amides is 1. The van der Waals surface area contributed by atoms with Crippen molar-refractivity contribution >= 4 is 27.5 Å². The van der Waals surface area contributed by atoms with E-state index in [1.165, 1.54) is 0 Å². The number of rotatable bonds is 4. The van der Waals surface area contributed by atoms with E-state index < -0.39 is 6.04 Å². The van der Waals surface area contributed by atoms with Crippen LogP contribution >= 0.6 is 11.3 Å². The van der Waals surface area contributed by atoms with Crippen molar-refractivity contribution in [3.8, 4) is 0 Å². The van der Waals surface area contributed by atoms with E-state index in [1.54, 1.807) is 11.3 Å². The molecule has 1 aromatic heterocycles. The number of benzene rings is 1. The number of hydrogen-bond donors (Lipinski definition) is 2. The second-order valence-corrected chi connectivity index (χ2v) is 4.92. The average Bonchev–Trinajstić information content (AvgIpc) is 2.77. The standard InChI is InChI=1S/C12H15N3OS/c1-2-8(13)12(16)14-7-11-15-9-5-3-4-6-10(9)17-11/h3-6,8H,2,7,13H2,1H3,(H,14,16). The van der Waals surface area contributed by atoms with Crippen LogP contribution in [0, 0.1) is 0 Å². The van der Waals surface area contributed by atoms with E-state index in [2.05, 4.69) is 10.3 Å². The Hall–Kier alpha value is -1.46. The quantitative estimate of drug-likeness (QED) is 0.865. The molecule has 0 spiro atoms. The van der Waals surface area contributed by atoms with Crippen molar-refractivity contribution in [2.24, 2.45) is 5.73 Å². The molecule has 0 aliphatic carbocycles. The molecule has 0 aliphatic heterocycles. The molecule has 0 aliphatic rings. The second-order valence-electron chi connectivity index (χ2n) is 3.81. The number of fused-ring (bicyclic) bond motifs is 1. The largest absolute Gasteiger partial charge is 0.348 e. The fourth-order valence-electron chi connectivity index (χ4n) is 1.47. The van der Waals surface area contributed by atoms with Gasteiger partial charge < -0.3 is 11.1 Å². The number of para-hydroxylation sites is 1. The molecule has 1 aromatic carbocycles. The number of nitrogens with zero attached hydrogens (tertiary/aromatic N) is 1. The first-order valence-electron chi connectivity index (χ1n) is 5.58. The van der Waals surface area contributed by atoms with Crippen molar-refractivity contribution in [3.63, 3.8) is 0 Å². The van der Waals surface area contributed by atoms with Gasteiger partial charge in [0.25, 0.3) is 0 Å². The Morgan fingerprint density at radius 3 is 3.00 bits per heavy atom. The Labute approximate surface area is 104 Å². The fraction of sp³-hybridized carbons (Fsp3) is 0.333. The minimum atomic E-state index is -0.427. The normalized spacial score (nSPS) is 12.6. The van der Waals surface area contributed by atoms with Gasteiger partial charge in [0, 0.05) is 0 Å². The molecule has 0 bridgehead atoms. The zero-order valence-corrected chi connectivity index (χ0v) is 10.5. The van der Waals surface area contributed by atoms with Crippen LogP contribution in [0.5, 0.6) is 0 Å². The number of nitrogens with one attached hydrogen (secondary N) is 1. The third kappa shape index (κ3) is 2.81. The summed E-state index contributed by atoms with van der Waals surface area (Å²) in [4.78, 5) is 15.9. The van der Waals surface area contributed by atoms with Crippen LogP contribution in [0.2, 0.25) is 0 Å². The van der Waals surface area contributed by atoms with Crippen molar-refractivity contribution in [1.29, 1.82) is 0 Å². The van der Waals surface area contributed by atoms with Crippen LogP contribution in [0.15, 0.2) is 24.3 Å². The van der Waals surface area contributed by atoms with Crippen LogP contribution in [-0.2, 0) is 11.3 Å². The highest BCUT2D eigenvalue weighted by Gasteiger charge is 2.11. The highest BCUT2D eigenvalue weighted by atomic mass is 32.1. The second kappa shape index (κ2) is 5.25. The van der Waals surface area contributed by atoms with Crippen molar-refractivity contribution in [2.75, 3.05) is 0 Å². The molecule has 90 valence electrons. The highest BCUT2D eigenvalue weighted by Crippen LogP contribution is 2.21. The van der Waals surface area contributed by atoms with E-state index in [0.29, 0.717) is 13.0 Å². The van der Waals surface area contributed by atoms with Crippen LogP contribution in [0.25, 0.3) is 10.2 Å². The molecule has 2 aromatic rings. The molecule has 5 heteroatoms. The molecule has 17 heavy (non-hydrogen) atoms. The maximum absolute atomic E-state index is 11.5. The van der Waals surface area contributed by atoms with E-state index in [4.69, 9.17) is 5.73 Å². The van der Waals surface area contributed by atoms with Gasteiger partial charge in [0.2, 0.25) is 5.91 Å². The lowest BCUT2D eigenvalue weighted by Crippen LogP contribution is -2.39. The minimum Gasteiger partial charge on any atom is -0.348 e. The van der Waals surface area contributed by atoms with Crippen LogP contribution in [0.3, 0.4) is 0 Å². The maximum atomic E-state index is 11.5. The van der Waals surface area contributed by atoms with E-state index >= 15 is 0 Å². The van der Waals surface area contributed by atoms with Gasteiger partial charge in [-0.15, -0.1) is 11.3 Å². The summed E-state index contributed by atoms with van der Waals surface area (Å²) < 4.78 is 1.14. The lowest BCUT2D eigenvalue weighted by Gasteiger charge is -2.08. The third-order valence-corrected chi connectivity index (χ3v) is 3.57. The topological polar surface area (TPSA) is 68.0 Å². The molecule has 2 rings (SSSR count). The molecular weight excluding hydrogens is 234 g/mol. The van der Waals surface area contributed by atoms with Crippen molar-refractivity contribution in [2.45, 2.75) is 25.9 Å². The van der Waals surface area contributed by atoms with E-state index in [0.717, 1.165) is 15.2 Å². The fourth-order valence-corrected chi connectivity index (χ4v) is 2.38. The number of carbonyl (C=O) groups is 1. The average molecular weight is 249 g/mol. The summed E-state index contributed by atoms with van der Waals surface area (Å²) in [5.41, 5.74) is 6.60. The molecule has 4 nitrogen and oxygen atoms in total. The van der Waals surface area contributed by atoms with Crippen molar-refractivity contribution < 1.29 is 4.79 Å². The summed E-state index contributed by atoms with van der Waals surface area (Å²) in [6, 6.07) is 7.50. The van der Waals surface area contributed by atoms with Crippen LogP contribution in [0.4, 0.5) is 0 Å². The Morgan fingerprint density at radius 1 is 1.53 bits per heavy atom. The van der Waals surface area contributed by atoms with Crippen molar-refractivity contribution in [1.82, 2.24) is 10.3 Å². The summed E-state index contributed by atoms with van der Waals surface area (Å²) in [6.07, 6.45) is 0.645. The predicted molar refractivity (Wildman–Crippen MR) is 69.7 cm³/mol. The van der Waals surface area contributed by atoms with Gasteiger partial charge in [-0.1, -0.05) is 19.1 Å². The Morgan fingerprint density at radius 2 is 2.29 bits per heavy atom. The van der Waals surface area contributed by atoms with Gasteiger partial charge in [-0.2, -0.15) is 0 Å². The van der Waals surface area contributed by atoms with Gasteiger partial charge in [-0.3, -0.25) is 4.79 Å². The molecular formula is C12H15N3OS. The van der Waals surface area contributed by atoms with Gasteiger partial charge in [0.05, 0.1) is 22.8 Å². The lowest BCUT2D eigenvalue weighted by molar-refractivity contribution is -0.122. The molecule has 1 atom stereocenters. The van der Waals surface area contributed by atoms with Gasteiger partial charge >= 0.3 is 0 Å². The van der Waals surface area contributed by atoms with E-state index in [1.807, 2.05) is 31.2 Å². The first kappa shape index (κ1) is 12.0. The van der Waals surface area contributed by atoms with Gasteiger partial charge in [-0.05, 0) is 18.6 Å². The summed E-state index contributed by atoms with van der Waals surface area (Å²) in [7, 11) is 0. The molecule has 3 N–H and O–H groups in total. The highest BCUT2D eigenvalue weighted by molar-refractivity contribution is 7.18. The first-order chi connectivity index (χ1) is 8.20. The molecule has 1 unspecified atom stereocenters. The monoisotopic (exact) mass is 249 g/mol. The molecule has 1 amide bonds. The SMILES string of the molecule is CCC(N)C(=O)NCc1nc2ccccc2s1. The molecule has 0 saturated carbocycles. The summed E-state index contributed by atoms with van der Waals surface area (Å²) >= 11 is 1.59. The summed E-state index contributed by atoms with van der Waals surface area (Å²) in [6.45, 7) is 2.34. The van der Waals surface area contributed by atoms with Crippen LogP contribution in [0.1, 0.15) is 18.4 Å². The number of thiazole rings is 1. The zero-order chi connectivity index (χ0) is 12.3. The smallest absolute Gasteiger partial charge is 0.237 e.